The largest absolute Gasteiger partial charge is 0.299 e. The number of aryl methyl sites for hydroxylation is 3. The summed E-state index contributed by atoms with van der Waals surface area (Å²) in [5.74, 6) is 0.377. The number of Topliss-reactive ketones (excluding diaryl/α,β-unsaturated/α-hetero) is 1. The predicted octanol–water partition coefficient (Wildman–Crippen LogP) is 5.54. The Morgan fingerprint density at radius 2 is 1.22 bits per heavy atom. The molecule has 0 saturated heterocycles. The van der Waals surface area contributed by atoms with E-state index in [0.29, 0.717) is 12.2 Å². The lowest BCUT2D eigenvalue weighted by Crippen LogP contribution is -2.44. The van der Waals surface area contributed by atoms with Crippen molar-refractivity contribution in [3.05, 3.63) is 106 Å². The van der Waals surface area contributed by atoms with Crippen LogP contribution in [-0.2, 0) is 29.5 Å². The van der Waals surface area contributed by atoms with Crippen LogP contribution in [0, 0.1) is 13.8 Å². The fourth-order valence-corrected chi connectivity index (χ4v) is 4.40. The molecule has 1 aliphatic carbocycles. The molecule has 1 heteroatoms. The molecule has 27 heavy (non-hydrogen) atoms. The number of ketones is 1. The molecule has 0 aliphatic heterocycles. The monoisotopic (exact) mass is 354 g/mol. The number of benzene rings is 3. The highest BCUT2D eigenvalue weighted by atomic mass is 16.1. The number of carbonyl (C=O) groups excluding carboxylic acids is 1. The van der Waals surface area contributed by atoms with Crippen LogP contribution in [0.25, 0.3) is 0 Å². The number of hydrogen-bond acceptors (Lipinski definition) is 1. The predicted molar refractivity (Wildman–Crippen MR) is 111 cm³/mol. The fraction of sp³-hybridized carbons (Fsp3) is 0.269. The summed E-state index contributed by atoms with van der Waals surface area (Å²) in [5, 5.41) is 0. The highest BCUT2D eigenvalue weighted by molar-refractivity contribution is 5.93. The highest BCUT2D eigenvalue weighted by Crippen LogP contribution is 2.40. The third-order valence-corrected chi connectivity index (χ3v) is 5.94. The van der Waals surface area contributed by atoms with Crippen molar-refractivity contribution in [1.82, 2.24) is 0 Å². The van der Waals surface area contributed by atoms with Crippen molar-refractivity contribution >= 4 is 5.78 Å². The van der Waals surface area contributed by atoms with Crippen molar-refractivity contribution in [2.75, 3.05) is 0 Å². The molecule has 0 unspecified atom stereocenters. The zero-order chi connectivity index (χ0) is 18.9. The Morgan fingerprint density at radius 1 is 0.704 bits per heavy atom. The summed E-state index contributed by atoms with van der Waals surface area (Å²) >= 11 is 0. The number of hydrogen-bond donors (Lipinski definition) is 0. The van der Waals surface area contributed by atoms with Crippen molar-refractivity contribution < 1.29 is 4.79 Å². The third-order valence-electron chi connectivity index (χ3n) is 5.94. The van der Waals surface area contributed by atoms with Gasteiger partial charge in [0.25, 0.3) is 0 Å². The topological polar surface area (TPSA) is 17.1 Å². The van der Waals surface area contributed by atoms with Gasteiger partial charge in [0.1, 0.15) is 5.78 Å². The summed E-state index contributed by atoms with van der Waals surface area (Å²) in [6.07, 6.45) is 3.02. The first kappa shape index (κ1) is 17.7. The zero-order valence-electron chi connectivity index (χ0n) is 16.2. The Balaban J connectivity index is 1.83. The van der Waals surface area contributed by atoms with Crippen molar-refractivity contribution in [2.24, 2.45) is 0 Å². The smallest absolute Gasteiger partial charge is 0.144 e. The van der Waals surface area contributed by atoms with Crippen LogP contribution >= 0.6 is 0 Å². The van der Waals surface area contributed by atoms with E-state index < -0.39 is 5.41 Å². The molecule has 4 rings (SSSR count). The van der Waals surface area contributed by atoms with Crippen LogP contribution in [0.4, 0.5) is 0 Å². The third kappa shape index (κ3) is 3.47. The van der Waals surface area contributed by atoms with E-state index in [-0.39, 0.29) is 0 Å². The van der Waals surface area contributed by atoms with Gasteiger partial charge < -0.3 is 0 Å². The van der Waals surface area contributed by atoms with Crippen LogP contribution in [0.5, 0.6) is 0 Å². The Labute approximate surface area is 162 Å². The van der Waals surface area contributed by atoms with Gasteiger partial charge in [-0.3, -0.25) is 4.79 Å². The summed E-state index contributed by atoms with van der Waals surface area (Å²) in [5.41, 5.74) is 7.05. The molecule has 0 spiro atoms. The molecule has 3 aromatic rings. The molecule has 0 bridgehead atoms. The Bertz CT molecular complexity index is 901. The van der Waals surface area contributed by atoms with Gasteiger partial charge in [-0.1, -0.05) is 83.9 Å². The fourth-order valence-electron chi connectivity index (χ4n) is 4.40. The van der Waals surface area contributed by atoms with E-state index in [4.69, 9.17) is 0 Å². The quantitative estimate of drug-likeness (QED) is 0.601. The van der Waals surface area contributed by atoms with Gasteiger partial charge in [-0.2, -0.15) is 0 Å². The summed E-state index contributed by atoms with van der Waals surface area (Å²) in [7, 11) is 0. The van der Waals surface area contributed by atoms with Crippen molar-refractivity contribution in [1.29, 1.82) is 0 Å². The van der Waals surface area contributed by atoms with E-state index in [1.54, 1.807) is 0 Å². The lowest BCUT2D eigenvalue weighted by atomic mass is 9.63. The Morgan fingerprint density at radius 3 is 1.78 bits per heavy atom. The van der Waals surface area contributed by atoms with Gasteiger partial charge in [-0.15, -0.1) is 0 Å². The van der Waals surface area contributed by atoms with Gasteiger partial charge in [-0.05, 0) is 55.4 Å². The molecule has 0 saturated carbocycles. The number of fused-ring (bicyclic) bond motifs is 1. The van der Waals surface area contributed by atoms with Gasteiger partial charge in [0.15, 0.2) is 0 Å². The van der Waals surface area contributed by atoms with E-state index in [0.717, 1.165) is 19.3 Å². The second-order valence-electron chi connectivity index (χ2n) is 7.99. The second-order valence-corrected chi connectivity index (χ2v) is 7.99. The number of carbonyl (C=O) groups is 1. The van der Waals surface area contributed by atoms with E-state index in [9.17, 15) is 4.79 Å². The molecule has 0 amide bonds. The highest BCUT2D eigenvalue weighted by Gasteiger charge is 2.43. The molecule has 0 N–H and O–H groups in total. The van der Waals surface area contributed by atoms with Crippen molar-refractivity contribution in [3.8, 4) is 0 Å². The van der Waals surface area contributed by atoms with Gasteiger partial charge >= 0.3 is 0 Å². The molecule has 0 fully saturated rings. The van der Waals surface area contributed by atoms with Crippen molar-refractivity contribution in [3.63, 3.8) is 0 Å². The minimum absolute atomic E-state index is 0.377. The first-order chi connectivity index (χ1) is 13.1. The molecule has 1 nitrogen and oxygen atoms in total. The van der Waals surface area contributed by atoms with Gasteiger partial charge in [0.05, 0.1) is 5.41 Å². The average Bonchev–Trinajstić information content (AvgIpc) is 2.69. The van der Waals surface area contributed by atoms with E-state index >= 15 is 0 Å². The normalized spacial score (nSPS) is 15.4. The van der Waals surface area contributed by atoms with E-state index in [1.807, 2.05) is 0 Å². The molecule has 0 aromatic heterocycles. The maximum absolute atomic E-state index is 13.4. The van der Waals surface area contributed by atoms with Gasteiger partial charge in [0, 0.05) is 6.42 Å². The van der Waals surface area contributed by atoms with Gasteiger partial charge in [0.2, 0.25) is 0 Å². The van der Waals surface area contributed by atoms with E-state index in [2.05, 4.69) is 86.6 Å². The zero-order valence-corrected chi connectivity index (χ0v) is 16.2. The molecule has 0 heterocycles. The summed E-state index contributed by atoms with van der Waals surface area (Å²) < 4.78 is 0. The van der Waals surface area contributed by atoms with Crippen LogP contribution in [0.3, 0.4) is 0 Å². The average molecular weight is 354 g/mol. The van der Waals surface area contributed by atoms with Crippen LogP contribution < -0.4 is 0 Å². The van der Waals surface area contributed by atoms with Crippen molar-refractivity contribution in [2.45, 2.75) is 44.9 Å². The van der Waals surface area contributed by atoms with Crippen LogP contribution in [0.1, 0.15) is 39.8 Å². The summed E-state index contributed by atoms with van der Waals surface area (Å²) in [6.45, 7) is 4.21. The molecule has 0 radical (unpaired) electrons. The lowest BCUT2D eigenvalue weighted by molar-refractivity contribution is -0.125. The summed E-state index contributed by atoms with van der Waals surface area (Å²) in [6, 6.07) is 25.8. The molecular formula is C26H26O. The minimum atomic E-state index is -0.473. The summed E-state index contributed by atoms with van der Waals surface area (Å²) in [4.78, 5) is 13.4. The Hall–Kier alpha value is -2.67. The molecule has 136 valence electrons. The minimum Gasteiger partial charge on any atom is -0.299 e. The van der Waals surface area contributed by atoms with Crippen LogP contribution in [-0.4, -0.2) is 5.78 Å². The molecule has 3 aromatic carbocycles. The first-order valence-corrected chi connectivity index (χ1v) is 9.80. The molecule has 0 atom stereocenters. The lowest BCUT2D eigenvalue weighted by Gasteiger charge is -2.38. The maximum Gasteiger partial charge on any atom is 0.144 e. The molecule has 1 aliphatic rings. The maximum atomic E-state index is 13.4. The van der Waals surface area contributed by atoms with Crippen LogP contribution in [0.2, 0.25) is 0 Å². The van der Waals surface area contributed by atoms with Crippen LogP contribution in [0.15, 0.2) is 72.8 Å². The SMILES string of the molecule is Cc1ccc(CC2(Cc3ccc(C)cc3)C(=O)CCc3ccccc32)cc1. The standard InChI is InChI=1S/C26H26O/c1-19-7-11-21(12-8-19)17-26(18-22-13-9-20(2)10-14-22)24-6-4-3-5-23(24)15-16-25(26)27/h3-14H,15-18H2,1-2H3. The first-order valence-electron chi connectivity index (χ1n) is 9.80. The number of rotatable bonds is 4. The molecular weight excluding hydrogens is 328 g/mol. The van der Waals surface area contributed by atoms with E-state index in [1.165, 1.54) is 33.4 Å². The van der Waals surface area contributed by atoms with Gasteiger partial charge in [-0.25, -0.2) is 0 Å². The Kier molecular flexibility index (Phi) is 4.70. The second kappa shape index (κ2) is 7.15.